The first-order valence-electron chi connectivity index (χ1n) is 11.7. The van der Waals surface area contributed by atoms with Gasteiger partial charge in [-0.15, -0.1) is 0 Å². The number of halogens is 1. The fourth-order valence-corrected chi connectivity index (χ4v) is 5.00. The molecule has 0 N–H and O–H groups in total. The molecule has 1 aliphatic heterocycles. The van der Waals surface area contributed by atoms with E-state index in [1.54, 1.807) is 12.1 Å². The van der Waals surface area contributed by atoms with E-state index in [2.05, 4.69) is 57.4 Å². The van der Waals surface area contributed by atoms with Gasteiger partial charge in [0.1, 0.15) is 5.75 Å². The maximum atomic E-state index is 12.9. The summed E-state index contributed by atoms with van der Waals surface area (Å²) in [6, 6.07) is 26.7. The summed E-state index contributed by atoms with van der Waals surface area (Å²) >= 11 is 0. The summed E-state index contributed by atoms with van der Waals surface area (Å²) in [4.78, 5) is 12.9. The summed E-state index contributed by atoms with van der Waals surface area (Å²) in [5, 5.41) is 0. The number of hydrogen-bond acceptors (Lipinski definition) is 2. The second-order valence-corrected chi connectivity index (χ2v) is 9.65. The zero-order valence-electron chi connectivity index (χ0n) is 19.8. The normalized spacial score (nSPS) is 18.1. The molecule has 4 heteroatoms. The Labute approximate surface area is 208 Å². The summed E-state index contributed by atoms with van der Waals surface area (Å²) in [5.74, 6) is 0.533. The van der Waals surface area contributed by atoms with Gasteiger partial charge in [0, 0.05) is 17.9 Å². The SMILES string of the molecule is Cc1ccc(OC(=O)c2ccccc2)c(C(CC2CCCC[N+]2(C)C)c2ccccc2)c1.[Br-]. The van der Waals surface area contributed by atoms with Crippen molar-refractivity contribution in [2.24, 2.45) is 0 Å². The van der Waals surface area contributed by atoms with Gasteiger partial charge in [-0.3, -0.25) is 0 Å². The minimum atomic E-state index is -0.309. The zero-order chi connectivity index (χ0) is 22.6. The molecule has 0 bridgehead atoms. The average molecular weight is 509 g/mol. The third-order valence-corrected chi connectivity index (χ3v) is 6.97. The molecule has 3 aromatic rings. The second kappa shape index (κ2) is 11.1. The number of ether oxygens (including phenoxy) is 1. The van der Waals surface area contributed by atoms with Crippen molar-refractivity contribution in [2.75, 3.05) is 20.6 Å². The Morgan fingerprint density at radius 3 is 2.30 bits per heavy atom. The molecule has 1 saturated heterocycles. The highest BCUT2D eigenvalue weighted by molar-refractivity contribution is 5.91. The number of rotatable bonds is 6. The third-order valence-electron chi connectivity index (χ3n) is 6.97. The van der Waals surface area contributed by atoms with Gasteiger partial charge in [-0.25, -0.2) is 4.79 Å². The zero-order valence-corrected chi connectivity index (χ0v) is 21.4. The van der Waals surface area contributed by atoms with Gasteiger partial charge in [0.15, 0.2) is 0 Å². The predicted octanol–water partition coefficient (Wildman–Crippen LogP) is 3.37. The summed E-state index contributed by atoms with van der Waals surface area (Å²) < 4.78 is 7.04. The number of aryl methyl sites for hydroxylation is 1. The molecule has 1 fully saturated rings. The molecule has 0 radical (unpaired) electrons. The highest BCUT2D eigenvalue weighted by Gasteiger charge is 2.35. The van der Waals surface area contributed by atoms with Crippen molar-refractivity contribution in [2.45, 2.75) is 44.6 Å². The Morgan fingerprint density at radius 1 is 0.970 bits per heavy atom. The van der Waals surface area contributed by atoms with Gasteiger partial charge in [0.05, 0.1) is 32.2 Å². The van der Waals surface area contributed by atoms with Crippen LogP contribution in [-0.2, 0) is 0 Å². The third kappa shape index (κ3) is 6.13. The molecular weight excluding hydrogens is 474 g/mol. The van der Waals surface area contributed by atoms with Crippen LogP contribution in [0.5, 0.6) is 5.75 Å². The van der Waals surface area contributed by atoms with Crippen LogP contribution in [0.4, 0.5) is 0 Å². The van der Waals surface area contributed by atoms with E-state index in [-0.39, 0.29) is 28.9 Å². The van der Waals surface area contributed by atoms with Crippen molar-refractivity contribution in [3.8, 4) is 5.75 Å². The Balaban J connectivity index is 0.00000306. The summed E-state index contributed by atoms with van der Waals surface area (Å²) in [7, 11) is 4.72. The minimum Gasteiger partial charge on any atom is -1.00 e. The molecule has 3 aromatic carbocycles. The van der Waals surface area contributed by atoms with Crippen LogP contribution in [0.25, 0.3) is 0 Å². The number of benzene rings is 3. The van der Waals surface area contributed by atoms with E-state index in [1.165, 1.54) is 36.9 Å². The van der Waals surface area contributed by atoms with E-state index in [0.29, 0.717) is 17.4 Å². The first-order chi connectivity index (χ1) is 15.4. The van der Waals surface area contributed by atoms with Gasteiger partial charge in [-0.1, -0.05) is 66.2 Å². The van der Waals surface area contributed by atoms with E-state index in [9.17, 15) is 4.79 Å². The Bertz CT molecular complexity index is 1050. The van der Waals surface area contributed by atoms with E-state index in [4.69, 9.17) is 4.74 Å². The fraction of sp³-hybridized carbons (Fsp3) is 0.345. The topological polar surface area (TPSA) is 26.3 Å². The van der Waals surface area contributed by atoms with Gasteiger partial charge in [0.25, 0.3) is 0 Å². The molecule has 0 amide bonds. The quantitative estimate of drug-likeness (QED) is 0.290. The smallest absolute Gasteiger partial charge is 0.343 e. The molecule has 0 saturated carbocycles. The average Bonchev–Trinajstić information content (AvgIpc) is 2.80. The van der Waals surface area contributed by atoms with Crippen molar-refractivity contribution >= 4 is 5.97 Å². The molecule has 2 atom stereocenters. The standard InChI is InChI=1S/C29H34NO2.BrH/c1-22-17-18-28(32-29(31)24-14-8-5-9-15-24)27(20-22)26(23-12-6-4-7-13-23)21-25-16-10-11-19-30(25,2)3;/h4-9,12-15,17-18,20,25-26H,10-11,16,19,21H2,1-3H3;1H/q+1;/p-1. The maximum absolute atomic E-state index is 12.9. The molecular formula is C29H34BrNO2. The lowest BCUT2D eigenvalue weighted by atomic mass is 9.82. The molecule has 0 spiro atoms. The first kappa shape index (κ1) is 25.2. The molecule has 2 unspecified atom stereocenters. The van der Waals surface area contributed by atoms with E-state index >= 15 is 0 Å². The lowest BCUT2D eigenvalue weighted by Crippen LogP contribution is -3.00. The number of nitrogens with zero attached hydrogens (tertiary/aromatic N) is 1. The Hall–Kier alpha value is -2.43. The van der Waals surface area contributed by atoms with Gasteiger partial charge < -0.3 is 26.2 Å². The van der Waals surface area contributed by atoms with Gasteiger partial charge in [-0.2, -0.15) is 0 Å². The molecule has 3 nitrogen and oxygen atoms in total. The minimum absolute atomic E-state index is 0. The number of carbonyl (C=O) groups excluding carboxylic acids is 1. The van der Waals surface area contributed by atoms with Crippen molar-refractivity contribution in [3.05, 3.63) is 101 Å². The number of carbonyl (C=O) groups is 1. The molecule has 0 aliphatic carbocycles. The highest BCUT2D eigenvalue weighted by atomic mass is 79.9. The molecule has 1 heterocycles. The van der Waals surface area contributed by atoms with E-state index in [1.807, 2.05) is 30.3 Å². The first-order valence-corrected chi connectivity index (χ1v) is 11.7. The monoisotopic (exact) mass is 507 g/mol. The molecule has 4 rings (SSSR count). The molecule has 1 aliphatic rings. The van der Waals surface area contributed by atoms with Crippen molar-refractivity contribution in [1.82, 2.24) is 0 Å². The molecule has 33 heavy (non-hydrogen) atoms. The molecule has 174 valence electrons. The van der Waals surface area contributed by atoms with Crippen molar-refractivity contribution < 1.29 is 31.0 Å². The van der Waals surface area contributed by atoms with Crippen LogP contribution in [0, 0.1) is 6.92 Å². The van der Waals surface area contributed by atoms with Gasteiger partial charge in [-0.05, 0) is 49.9 Å². The fourth-order valence-electron chi connectivity index (χ4n) is 5.00. The number of quaternary nitrogens is 1. The highest BCUT2D eigenvalue weighted by Crippen LogP contribution is 2.39. The van der Waals surface area contributed by atoms with Crippen LogP contribution < -0.4 is 21.7 Å². The number of esters is 1. The lowest BCUT2D eigenvalue weighted by molar-refractivity contribution is -0.920. The number of hydrogen-bond donors (Lipinski definition) is 0. The Morgan fingerprint density at radius 2 is 1.64 bits per heavy atom. The van der Waals surface area contributed by atoms with Crippen LogP contribution in [0.15, 0.2) is 78.9 Å². The van der Waals surface area contributed by atoms with Crippen molar-refractivity contribution in [1.29, 1.82) is 0 Å². The van der Waals surface area contributed by atoms with E-state index in [0.717, 1.165) is 16.5 Å². The predicted molar refractivity (Wildman–Crippen MR) is 130 cm³/mol. The van der Waals surface area contributed by atoms with E-state index < -0.39 is 0 Å². The maximum Gasteiger partial charge on any atom is 0.343 e. The number of likely N-dealkylation sites (tertiary alicyclic amines) is 1. The summed E-state index contributed by atoms with van der Waals surface area (Å²) in [5.41, 5.74) is 4.13. The largest absolute Gasteiger partial charge is 1.00 e. The van der Waals surface area contributed by atoms with Crippen LogP contribution in [0.2, 0.25) is 0 Å². The van der Waals surface area contributed by atoms with Crippen LogP contribution in [0.1, 0.15) is 58.6 Å². The summed E-state index contributed by atoms with van der Waals surface area (Å²) in [6.07, 6.45) is 4.86. The van der Waals surface area contributed by atoms with Crippen LogP contribution in [0.3, 0.4) is 0 Å². The van der Waals surface area contributed by atoms with Crippen LogP contribution in [-0.4, -0.2) is 37.1 Å². The number of piperidine rings is 1. The van der Waals surface area contributed by atoms with Gasteiger partial charge in [0.2, 0.25) is 0 Å². The lowest BCUT2D eigenvalue weighted by Gasteiger charge is -2.43. The second-order valence-electron chi connectivity index (χ2n) is 9.65. The van der Waals surface area contributed by atoms with Gasteiger partial charge >= 0.3 is 5.97 Å². The Kier molecular flexibility index (Phi) is 8.50. The van der Waals surface area contributed by atoms with Crippen LogP contribution >= 0.6 is 0 Å². The molecule has 0 aromatic heterocycles. The summed E-state index contributed by atoms with van der Waals surface area (Å²) in [6.45, 7) is 3.32. The van der Waals surface area contributed by atoms with Crippen molar-refractivity contribution in [3.63, 3.8) is 0 Å².